The Morgan fingerprint density at radius 2 is 2.19 bits per heavy atom. The largest absolute Gasteiger partial charge is 0.378 e. The van der Waals surface area contributed by atoms with Gasteiger partial charge in [-0.2, -0.15) is 0 Å². The van der Waals surface area contributed by atoms with E-state index in [0.717, 1.165) is 32.7 Å². The summed E-state index contributed by atoms with van der Waals surface area (Å²) in [6.07, 6.45) is 1.10. The quantitative estimate of drug-likeness (QED) is 0.798. The molecule has 1 N–H and O–H groups in total. The van der Waals surface area contributed by atoms with Gasteiger partial charge in [-0.3, -0.25) is 14.5 Å². The summed E-state index contributed by atoms with van der Waals surface area (Å²) >= 11 is 0. The highest BCUT2D eigenvalue weighted by Crippen LogP contribution is 2.19. The Morgan fingerprint density at radius 1 is 1.43 bits per heavy atom. The lowest BCUT2D eigenvalue weighted by atomic mass is 9.95. The highest BCUT2D eigenvalue weighted by atomic mass is 16.5. The molecule has 0 aromatic rings. The zero-order valence-electron chi connectivity index (χ0n) is 13.4. The van der Waals surface area contributed by atoms with Crippen LogP contribution in [-0.2, 0) is 14.3 Å². The number of amides is 2. The normalized spacial score (nSPS) is 26.7. The molecule has 0 aliphatic carbocycles. The maximum atomic E-state index is 12.1. The van der Waals surface area contributed by atoms with Crippen molar-refractivity contribution in [3.8, 4) is 0 Å². The van der Waals surface area contributed by atoms with Gasteiger partial charge in [0.1, 0.15) is 0 Å². The summed E-state index contributed by atoms with van der Waals surface area (Å²) in [5, 5.41) is 2.98. The molecule has 0 saturated carbocycles. The van der Waals surface area contributed by atoms with Crippen molar-refractivity contribution in [2.45, 2.75) is 32.2 Å². The van der Waals surface area contributed by atoms with Crippen molar-refractivity contribution in [3.05, 3.63) is 0 Å². The van der Waals surface area contributed by atoms with E-state index < -0.39 is 0 Å². The fraction of sp³-hybridized carbons (Fsp3) is 0.867. The van der Waals surface area contributed by atoms with Crippen molar-refractivity contribution in [1.29, 1.82) is 0 Å². The molecule has 0 aromatic carbocycles. The van der Waals surface area contributed by atoms with Crippen LogP contribution in [0.3, 0.4) is 0 Å². The summed E-state index contributed by atoms with van der Waals surface area (Å²) < 4.78 is 5.49. The average molecular weight is 297 g/mol. The first-order valence-electron chi connectivity index (χ1n) is 7.74. The molecule has 0 aromatic heterocycles. The molecule has 1 atom stereocenters. The number of rotatable bonds is 4. The van der Waals surface area contributed by atoms with Gasteiger partial charge in [0, 0.05) is 51.1 Å². The van der Waals surface area contributed by atoms with Gasteiger partial charge < -0.3 is 15.0 Å². The molecule has 6 heteroatoms. The average Bonchev–Trinajstić information content (AvgIpc) is 2.43. The summed E-state index contributed by atoms with van der Waals surface area (Å²) in [4.78, 5) is 27.8. The Balaban J connectivity index is 1.73. The molecular weight excluding hydrogens is 270 g/mol. The van der Waals surface area contributed by atoms with Gasteiger partial charge in [-0.25, -0.2) is 0 Å². The summed E-state index contributed by atoms with van der Waals surface area (Å²) in [6, 6.07) is 0. The van der Waals surface area contributed by atoms with Crippen LogP contribution in [0.2, 0.25) is 0 Å². The number of hydrogen-bond acceptors (Lipinski definition) is 4. The minimum Gasteiger partial charge on any atom is -0.378 e. The van der Waals surface area contributed by atoms with Crippen molar-refractivity contribution in [2.24, 2.45) is 5.92 Å². The van der Waals surface area contributed by atoms with E-state index in [4.69, 9.17) is 4.74 Å². The molecule has 21 heavy (non-hydrogen) atoms. The van der Waals surface area contributed by atoms with Crippen molar-refractivity contribution < 1.29 is 14.3 Å². The van der Waals surface area contributed by atoms with Crippen LogP contribution in [0.4, 0.5) is 0 Å². The Hall–Kier alpha value is -1.14. The number of ether oxygens (including phenoxy) is 1. The van der Waals surface area contributed by atoms with Gasteiger partial charge in [0.05, 0.1) is 13.2 Å². The van der Waals surface area contributed by atoms with E-state index in [0.29, 0.717) is 19.5 Å². The number of carbonyl (C=O) groups is 2. The smallest absolute Gasteiger partial charge is 0.223 e. The summed E-state index contributed by atoms with van der Waals surface area (Å²) in [5.41, 5.74) is 0.0203. The molecule has 120 valence electrons. The van der Waals surface area contributed by atoms with Crippen LogP contribution in [0.5, 0.6) is 0 Å². The maximum Gasteiger partial charge on any atom is 0.223 e. The van der Waals surface area contributed by atoms with Gasteiger partial charge in [-0.15, -0.1) is 0 Å². The Kier molecular flexibility index (Phi) is 5.22. The minimum absolute atomic E-state index is 0.0162. The Bertz CT molecular complexity index is 398. The summed E-state index contributed by atoms with van der Waals surface area (Å²) in [5.74, 6) is -0.0790. The van der Waals surface area contributed by atoms with Gasteiger partial charge in [-0.1, -0.05) is 0 Å². The third-order valence-electron chi connectivity index (χ3n) is 4.53. The SMILES string of the molecule is CN1CCC(C(=O)NCCN2CCOCC2(C)C)CC1=O. The number of nitrogens with zero attached hydrogens (tertiary/aromatic N) is 2. The first kappa shape index (κ1) is 16.2. The Labute approximate surface area is 126 Å². The second-order valence-corrected chi connectivity index (χ2v) is 6.65. The second-order valence-electron chi connectivity index (χ2n) is 6.65. The van der Waals surface area contributed by atoms with E-state index in [1.54, 1.807) is 11.9 Å². The topological polar surface area (TPSA) is 61.9 Å². The standard InChI is InChI=1S/C15H27N3O3/c1-15(2)11-21-9-8-18(15)7-5-16-14(20)12-4-6-17(3)13(19)10-12/h12H,4-11H2,1-3H3,(H,16,20). The number of carbonyl (C=O) groups excluding carboxylic acids is 2. The Morgan fingerprint density at radius 3 is 2.86 bits per heavy atom. The number of hydrogen-bond donors (Lipinski definition) is 1. The highest BCUT2D eigenvalue weighted by Gasteiger charge is 2.31. The van der Waals surface area contributed by atoms with Gasteiger partial charge in [0.2, 0.25) is 11.8 Å². The first-order chi connectivity index (χ1) is 9.90. The molecule has 0 radical (unpaired) electrons. The molecule has 2 saturated heterocycles. The van der Waals surface area contributed by atoms with Crippen molar-refractivity contribution >= 4 is 11.8 Å². The predicted molar refractivity (Wildman–Crippen MR) is 79.8 cm³/mol. The summed E-state index contributed by atoms with van der Waals surface area (Å²) in [6.45, 7) is 8.81. The first-order valence-corrected chi connectivity index (χ1v) is 7.74. The van der Waals surface area contributed by atoms with Crippen LogP contribution in [0.25, 0.3) is 0 Å². The summed E-state index contributed by atoms with van der Waals surface area (Å²) in [7, 11) is 1.79. The molecule has 6 nitrogen and oxygen atoms in total. The van der Waals surface area contributed by atoms with E-state index >= 15 is 0 Å². The molecule has 2 rings (SSSR count). The van der Waals surface area contributed by atoms with E-state index in [2.05, 4.69) is 24.1 Å². The second kappa shape index (κ2) is 6.75. The fourth-order valence-electron chi connectivity index (χ4n) is 2.93. The van der Waals surface area contributed by atoms with Gasteiger partial charge in [-0.05, 0) is 20.3 Å². The number of piperidine rings is 1. The van der Waals surface area contributed by atoms with Crippen LogP contribution < -0.4 is 5.32 Å². The lowest BCUT2D eigenvalue weighted by molar-refractivity contribution is -0.139. The molecular formula is C15H27N3O3. The van der Waals surface area contributed by atoms with Crippen molar-refractivity contribution in [3.63, 3.8) is 0 Å². The number of nitrogens with one attached hydrogen (secondary N) is 1. The molecule has 0 spiro atoms. The maximum absolute atomic E-state index is 12.1. The molecule has 2 aliphatic heterocycles. The van der Waals surface area contributed by atoms with Crippen molar-refractivity contribution in [2.75, 3.05) is 46.4 Å². The molecule has 2 heterocycles. The zero-order chi connectivity index (χ0) is 15.5. The highest BCUT2D eigenvalue weighted by molar-refractivity contribution is 5.86. The molecule has 2 aliphatic rings. The van der Waals surface area contributed by atoms with E-state index in [1.807, 2.05) is 0 Å². The van der Waals surface area contributed by atoms with Crippen LogP contribution in [0, 0.1) is 5.92 Å². The predicted octanol–water partition coefficient (Wildman–Crippen LogP) is 0.0818. The van der Waals surface area contributed by atoms with Gasteiger partial charge in [0.15, 0.2) is 0 Å². The van der Waals surface area contributed by atoms with E-state index in [-0.39, 0.29) is 23.3 Å². The van der Waals surface area contributed by atoms with Crippen LogP contribution >= 0.6 is 0 Å². The van der Waals surface area contributed by atoms with Crippen LogP contribution in [0.15, 0.2) is 0 Å². The van der Waals surface area contributed by atoms with Gasteiger partial charge >= 0.3 is 0 Å². The third-order valence-corrected chi connectivity index (χ3v) is 4.53. The monoisotopic (exact) mass is 297 g/mol. The third kappa shape index (κ3) is 4.17. The van der Waals surface area contributed by atoms with Gasteiger partial charge in [0.25, 0.3) is 0 Å². The van der Waals surface area contributed by atoms with E-state index in [1.165, 1.54) is 0 Å². The van der Waals surface area contributed by atoms with Crippen LogP contribution in [-0.4, -0.2) is 73.6 Å². The van der Waals surface area contributed by atoms with E-state index in [9.17, 15) is 9.59 Å². The van der Waals surface area contributed by atoms with Crippen LogP contribution in [0.1, 0.15) is 26.7 Å². The molecule has 2 amide bonds. The lowest BCUT2D eigenvalue weighted by Crippen LogP contribution is -2.55. The van der Waals surface area contributed by atoms with Crippen molar-refractivity contribution in [1.82, 2.24) is 15.1 Å². The number of morpholine rings is 1. The minimum atomic E-state index is -0.161. The molecule has 0 bridgehead atoms. The molecule has 2 fully saturated rings. The number of likely N-dealkylation sites (tertiary alicyclic amines) is 1. The fourth-order valence-corrected chi connectivity index (χ4v) is 2.93. The lowest BCUT2D eigenvalue weighted by Gasteiger charge is -2.42. The molecule has 1 unspecified atom stereocenters. The zero-order valence-corrected chi connectivity index (χ0v) is 13.4.